The number of aromatic nitrogens is 2. The van der Waals surface area contributed by atoms with Gasteiger partial charge in [-0.15, -0.1) is 0 Å². The second-order valence-corrected chi connectivity index (χ2v) is 13.7. The average molecular weight is 593 g/mol. The van der Waals surface area contributed by atoms with Crippen LogP contribution < -0.4 is 4.90 Å². The first kappa shape index (κ1) is 29.1. The van der Waals surface area contributed by atoms with Crippen molar-refractivity contribution in [3.05, 3.63) is 59.2 Å². The van der Waals surface area contributed by atoms with E-state index in [9.17, 15) is 13.9 Å². The van der Waals surface area contributed by atoms with Gasteiger partial charge in [0.15, 0.2) is 11.6 Å². The molecule has 1 aromatic heterocycles. The smallest absolute Gasteiger partial charge is 0.204 e. The molecule has 2 N–H and O–H groups in total. The molecule has 2 aromatic carbocycles. The first-order valence-electron chi connectivity index (χ1n) is 16.4. The Bertz CT molecular complexity index is 1380. The third kappa shape index (κ3) is 5.93. The highest BCUT2D eigenvalue weighted by Crippen LogP contribution is 2.63. The maximum atomic E-state index is 14.0. The summed E-state index contributed by atoms with van der Waals surface area (Å²) in [6.07, 6.45) is 7.84. The lowest BCUT2D eigenvalue weighted by Gasteiger charge is -2.38. The number of hydrogen-bond acceptors (Lipinski definition) is 6. The molecule has 7 rings (SSSR count). The van der Waals surface area contributed by atoms with Crippen LogP contribution in [0, 0.1) is 17.6 Å². The van der Waals surface area contributed by atoms with Gasteiger partial charge >= 0.3 is 0 Å². The minimum absolute atomic E-state index is 0.244. The summed E-state index contributed by atoms with van der Waals surface area (Å²) in [7, 11) is 2.18. The number of aliphatic hydroxyl groups excluding tert-OH is 1. The number of likely N-dealkylation sites (tertiary alicyclic amines) is 1. The number of nitrogens with zero attached hydrogens (tertiary/aromatic N) is 5. The molecule has 3 heterocycles. The van der Waals surface area contributed by atoms with Crippen molar-refractivity contribution in [1.29, 1.82) is 0 Å². The molecule has 4 fully saturated rings. The van der Waals surface area contributed by atoms with Crippen LogP contribution in [0.5, 0.6) is 0 Å². The summed E-state index contributed by atoms with van der Waals surface area (Å²) in [5, 5.41) is 9.78. The summed E-state index contributed by atoms with van der Waals surface area (Å²) < 4.78 is 28.1. The molecule has 7 nitrogen and oxygen atoms in total. The second kappa shape index (κ2) is 12.1. The fourth-order valence-electron chi connectivity index (χ4n) is 8.30. The Labute approximate surface area is 253 Å². The van der Waals surface area contributed by atoms with Crippen molar-refractivity contribution in [1.82, 2.24) is 24.7 Å². The van der Waals surface area contributed by atoms with Crippen LogP contribution in [0.4, 0.5) is 14.7 Å². The van der Waals surface area contributed by atoms with Gasteiger partial charge in [-0.05, 0) is 87.5 Å². The molecule has 0 bridgehead atoms. The predicted octanol–water partition coefficient (Wildman–Crippen LogP) is 4.75. The van der Waals surface area contributed by atoms with E-state index < -0.39 is 11.6 Å². The molecule has 3 aromatic rings. The van der Waals surface area contributed by atoms with Gasteiger partial charge in [-0.3, -0.25) is 4.90 Å². The number of halogens is 2. The number of hydrogen-bond donors (Lipinski definition) is 2. The molecule has 0 spiro atoms. The lowest BCUT2D eigenvalue weighted by molar-refractivity contribution is 0.153. The number of H-pyrrole nitrogens is 1. The average Bonchev–Trinajstić information content (AvgIpc) is 3.36. The third-order valence-electron chi connectivity index (χ3n) is 11.0. The molecule has 4 aliphatic rings. The monoisotopic (exact) mass is 592 g/mol. The molecular weight excluding hydrogens is 546 g/mol. The van der Waals surface area contributed by atoms with Crippen molar-refractivity contribution < 1.29 is 13.9 Å². The molecule has 4 atom stereocenters. The first-order chi connectivity index (χ1) is 20.9. The number of rotatable bonds is 10. The van der Waals surface area contributed by atoms with Gasteiger partial charge in [-0.1, -0.05) is 24.3 Å². The maximum Gasteiger partial charge on any atom is 0.204 e. The molecule has 2 saturated carbocycles. The van der Waals surface area contributed by atoms with Crippen LogP contribution in [-0.4, -0.2) is 101 Å². The largest absolute Gasteiger partial charge is 0.395 e. The number of piperazine rings is 1. The van der Waals surface area contributed by atoms with E-state index in [1.165, 1.54) is 36.1 Å². The van der Waals surface area contributed by atoms with Gasteiger partial charge < -0.3 is 24.8 Å². The molecular formula is C34H46F2N6O. The van der Waals surface area contributed by atoms with Crippen molar-refractivity contribution in [2.24, 2.45) is 5.92 Å². The quantitative estimate of drug-likeness (QED) is 0.354. The number of likely N-dealkylation sites (N-methyl/N-ethyl adjacent to an activating group) is 1. The van der Waals surface area contributed by atoms with E-state index in [1.807, 2.05) is 0 Å². The van der Waals surface area contributed by atoms with Crippen molar-refractivity contribution in [3.8, 4) is 0 Å². The Morgan fingerprint density at radius 3 is 2.72 bits per heavy atom. The summed E-state index contributed by atoms with van der Waals surface area (Å²) in [6.45, 7) is 8.57. The predicted molar refractivity (Wildman–Crippen MR) is 166 cm³/mol. The van der Waals surface area contributed by atoms with Gasteiger partial charge in [0.1, 0.15) is 0 Å². The summed E-state index contributed by atoms with van der Waals surface area (Å²) in [5.41, 5.74) is 4.12. The summed E-state index contributed by atoms with van der Waals surface area (Å²) in [5.74, 6) is -0.324. The van der Waals surface area contributed by atoms with Crippen molar-refractivity contribution >= 4 is 17.0 Å². The topological polar surface area (TPSA) is 61.9 Å². The highest BCUT2D eigenvalue weighted by molar-refractivity contribution is 5.78. The maximum absolute atomic E-state index is 14.0. The van der Waals surface area contributed by atoms with Gasteiger partial charge in [0.05, 0.1) is 17.6 Å². The molecule has 43 heavy (non-hydrogen) atoms. The van der Waals surface area contributed by atoms with Gasteiger partial charge in [-0.25, -0.2) is 13.8 Å². The highest BCUT2D eigenvalue weighted by atomic mass is 19.2. The zero-order valence-electron chi connectivity index (χ0n) is 25.4. The number of benzene rings is 2. The van der Waals surface area contributed by atoms with E-state index in [4.69, 9.17) is 4.98 Å². The van der Waals surface area contributed by atoms with Gasteiger partial charge in [0, 0.05) is 63.5 Å². The molecule has 2 saturated heterocycles. The summed E-state index contributed by atoms with van der Waals surface area (Å²) in [6, 6.07) is 12.3. The van der Waals surface area contributed by atoms with Crippen LogP contribution in [0.15, 0.2) is 36.4 Å². The highest BCUT2D eigenvalue weighted by Gasteiger charge is 2.58. The normalized spacial score (nSPS) is 28.4. The number of imidazole rings is 1. The molecule has 232 valence electrons. The van der Waals surface area contributed by atoms with E-state index in [0.717, 1.165) is 90.4 Å². The van der Waals surface area contributed by atoms with Crippen molar-refractivity contribution in [2.45, 2.75) is 69.0 Å². The molecule has 2 aliphatic heterocycles. The van der Waals surface area contributed by atoms with E-state index in [1.54, 1.807) is 0 Å². The first-order valence-corrected chi connectivity index (χ1v) is 16.4. The zero-order chi connectivity index (χ0) is 29.6. The van der Waals surface area contributed by atoms with Gasteiger partial charge in [0.2, 0.25) is 5.95 Å². The summed E-state index contributed by atoms with van der Waals surface area (Å²) in [4.78, 5) is 17.9. The lowest BCUT2D eigenvalue weighted by Crippen LogP contribution is -2.46. The SMILES string of the molecule is CN1CCN(CCCN(c2nc3cc(F)c(F)cc3[nH]2)[C@@H]2CC[C@]3(c4cccc(CN5CCC[C@H]5CO)c4)CC3C2)CC1. The summed E-state index contributed by atoms with van der Waals surface area (Å²) >= 11 is 0. The standard InChI is InChI=1S/C34H46F2N6O/c1-39-13-15-40(16-14-39)10-4-12-42(33-37-31-19-29(35)30(36)20-32(31)38-33)27-8-9-34(21-26(34)18-27)25-6-2-5-24(17-25)22-41-11-3-7-28(41)23-43/h2,5-6,17,19-20,26-28,43H,3-4,7-16,18,21-23H2,1H3,(H,37,38)/t26?,27-,28+,34-/m1/s1. The van der Waals surface area contributed by atoms with Crippen LogP contribution in [0.1, 0.15) is 56.1 Å². The number of anilines is 1. The van der Waals surface area contributed by atoms with E-state index >= 15 is 0 Å². The Kier molecular flexibility index (Phi) is 8.18. The van der Waals surface area contributed by atoms with Crippen molar-refractivity contribution in [2.75, 3.05) is 64.4 Å². The number of aliphatic hydroxyl groups is 1. The Morgan fingerprint density at radius 2 is 1.91 bits per heavy atom. The van der Waals surface area contributed by atoms with Crippen LogP contribution in [0.2, 0.25) is 0 Å². The molecule has 9 heteroatoms. The van der Waals surface area contributed by atoms with E-state index in [0.29, 0.717) is 29.0 Å². The Morgan fingerprint density at radius 1 is 1.07 bits per heavy atom. The number of aromatic amines is 1. The van der Waals surface area contributed by atoms with Crippen LogP contribution in [0.3, 0.4) is 0 Å². The number of nitrogens with one attached hydrogen (secondary N) is 1. The van der Waals surface area contributed by atoms with E-state index in [-0.39, 0.29) is 12.0 Å². The zero-order valence-corrected chi connectivity index (χ0v) is 25.4. The number of fused-ring (bicyclic) bond motifs is 2. The minimum atomic E-state index is -0.855. The molecule has 1 unspecified atom stereocenters. The molecule has 2 aliphatic carbocycles. The van der Waals surface area contributed by atoms with Crippen LogP contribution in [-0.2, 0) is 12.0 Å². The third-order valence-corrected chi connectivity index (χ3v) is 11.0. The fourth-order valence-corrected chi connectivity index (χ4v) is 8.30. The van der Waals surface area contributed by atoms with Crippen LogP contribution in [0.25, 0.3) is 11.0 Å². The van der Waals surface area contributed by atoms with Gasteiger partial charge in [0.25, 0.3) is 0 Å². The fraction of sp³-hybridized carbons (Fsp3) is 0.618. The lowest BCUT2D eigenvalue weighted by atomic mass is 9.80. The van der Waals surface area contributed by atoms with Crippen LogP contribution >= 0.6 is 0 Å². The van der Waals surface area contributed by atoms with E-state index in [2.05, 4.69) is 55.9 Å². The van der Waals surface area contributed by atoms with Crippen molar-refractivity contribution in [3.63, 3.8) is 0 Å². The Balaban J connectivity index is 1.06. The Hall–Kier alpha value is -2.59. The molecule has 0 amide bonds. The second-order valence-electron chi connectivity index (χ2n) is 13.7. The molecule has 0 radical (unpaired) electrons. The minimum Gasteiger partial charge on any atom is -0.395 e. The van der Waals surface area contributed by atoms with Gasteiger partial charge in [-0.2, -0.15) is 0 Å².